The number of anilines is 1. The van der Waals surface area contributed by atoms with Crippen molar-refractivity contribution in [3.05, 3.63) is 65.5 Å². The number of rotatable bonds is 9. The Morgan fingerprint density at radius 2 is 1.73 bits per heavy atom. The van der Waals surface area contributed by atoms with Gasteiger partial charge in [0, 0.05) is 18.3 Å². The number of nitrogens with zero attached hydrogens (tertiary/aromatic N) is 3. The lowest BCUT2D eigenvalue weighted by Gasteiger charge is -2.22. The fourth-order valence-corrected chi connectivity index (χ4v) is 4.25. The first-order valence-electron chi connectivity index (χ1n) is 11.4. The number of halogens is 3. The van der Waals surface area contributed by atoms with E-state index in [2.05, 4.69) is 20.8 Å². The second-order valence-corrected chi connectivity index (χ2v) is 9.96. The number of benzene rings is 2. The van der Waals surface area contributed by atoms with Gasteiger partial charge in [0.1, 0.15) is 5.75 Å². The number of methoxy groups -OCH3 is 1. The van der Waals surface area contributed by atoms with E-state index in [1.54, 1.807) is 49.9 Å². The first-order chi connectivity index (χ1) is 17.4. The Balaban J connectivity index is 1.70. The third-order valence-corrected chi connectivity index (χ3v) is 6.70. The van der Waals surface area contributed by atoms with Gasteiger partial charge in [0.15, 0.2) is 11.0 Å². The van der Waals surface area contributed by atoms with Crippen LogP contribution in [0.5, 0.6) is 5.75 Å². The van der Waals surface area contributed by atoms with Crippen molar-refractivity contribution in [1.82, 2.24) is 20.1 Å². The zero-order chi connectivity index (χ0) is 27.3. The van der Waals surface area contributed by atoms with Gasteiger partial charge < -0.3 is 19.9 Å². The summed E-state index contributed by atoms with van der Waals surface area (Å²) in [4.78, 5) is 25.5. The van der Waals surface area contributed by atoms with Crippen LogP contribution < -0.4 is 15.4 Å². The van der Waals surface area contributed by atoms with Crippen molar-refractivity contribution in [3.63, 3.8) is 0 Å². The lowest BCUT2D eigenvalue weighted by Crippen LogP contribution is -2.33. The van der Waals surface area contributed by atoms with Crippen LogP contribution in [-0.2, 0) is 18.0 Å². The molecule has 0 fully saturated rings. The molecule has 1 heterocycles. The summed E-state index contributed by atoms with van der Waals surface area (Å²) in [5.41, 5.74) is -0.338. The summed E-state index contributed by atoms with van der Waals surface area (Å²) in [5.74, 6) is 0.349. The third kappa shape index (κ3) is 7.03. The van der Waals surface area contributed by atoms with Gasteiger partial charge >= 0.3 is 6.18 Å². The Kier molecular flexibility index (Phi) is 8.85. The maximum Gasteiger partial charge on any atom is 0.416 e. The van der Waals surface area contributed by atoms with Crippen molar-refractivity contribution in [1.29, 1.82) is 0 Å². The zero-order valence-corrected chi connectivity index (χ0v) is 21.8. The molecular weight excluding hydrogens is 507 g/mol. The van der Waals surface area contributed by atoms with Gasteiger partial charge in [-0.1, -0.05) is 31.7 Å². The summed E-state index contributed by atoms with van der Waals surface area (Å²) in [6, 6.07) is 10.7. The number of carbonyl (C=O) groups is 2. The molecule has 1 aromatic heterocycles. The molecule has 0 radical (unpaired) electrons. The molecule has 8 nitrogen and oxygen atoms in total. The predicted molar refractivity (Wildman–Crippen MR) is 134 cm³/mol. The highest BCUT2D eigenvalue weighted by Gasteiger charge is 2.31. The molecule has 2 N–H and O–H groups in total. The minimum absolute atomic E-state index is 0.0235. The monoisotopic (exact) mass is 535 g/mol. The Bertz CT molecular complexity index is 1250. The van der Waals surface area contributed by atoms with Crippen LogP contribution >= 0.6 is 11.8 Å². The zero-order valence-electron chi connectivity index (χ0n) is 21.0. The number of alkyl halides is 3. The van der Waals surface area contributed by atoms with Crippen molar-refractivity contribution in [2.45, 2.75) is 43.4 Å². The Hall–Kier alpha value is -3.54. The smallest absolute Gasteiger partial charge is 0.416 e. The van der Waals surface area contributed by atoms with Gasteiger partial charge in [0.25, 0.3) is 5.91 Å². The maximum atomic E-state index is 13.0. The number of nitrogens with one attached hydrogen (secondary N) is 2. The average Bonchev–Trinajstić information content (AvgIpc) is 3.21. The number of aromatic nitrogens is 3. The molecule has 2 amide bonds. The predicted octanol–water partition coefficient (Wildman–Crippen LogP) is 5.09. The van der Waals surface area contributed by atoms with Gasteiger partial charge in [-0.05, 0) is 55.3 Å². The minimum Gasteiger partial charge on any atom is -0.497 e. The normalized spacial score (nSPS) is 13.2. The van der Waals surface area contributed by atoms with Crippen molar-refractivity contribution < 1.29 is 27.5 Å². The molecule has 3 rings (SSSR count). The van der Waals surface area contributed by atoms with E-state index in [0.717, 1.165) is 23.9 Å². The second kappa shape index (κ2) is 11.7. The first kappa shape index (κ1) is 28.0. The summed E-state index contributed by atoms with van der Waals surface area (Å²) >= 11 is 1.11. The van der Waals surface area contributed by atoms with Crippen LogP contribution in [-0.4, -0.2) is 38.9 Å². The highest BCUT2D eigenvalue weighted by molar-refractivity contribution is 8.00. The molecule has 0 saturated heterocycles. The van der Waals surface area contributed by atoms with E-state index in [1.807, 2.05) is 13.8 Å². The second-order valence-electron chi connectivity index (χ2n) is 8.65. The lowest BCUT2D eigenvalue weighted by atomic mass is 10.0. The Morgan fingerprint density at radius 1 is 1.05 bits per heavy atom. The first-order valence-corrected chi connectivity index (χ1v) is 12.3. The molecule has 0 aliphatic heterocycles. The summed E-state index contributed by atoms with van der Waals surface area (Å²) in [6.07, 6.45) is -4.51. The third-order valence-electron chi connectivity index (χ3n) is 5.56. The molecule has 0 unspecified atom stereocenters. The molecular formula is C25H28F3N5O3S. The van der Waals surface area contributed by atoms with Crippen LogP contribution in [0.3, 0.4) is 0 Å². The van der Waals surface area contributed by atoms with Crippen molar-refractivity contribution in [3.8, 4) is 5.75 Å². The molecule has 0 spiro atoms. The molecule has 0 aliphatic carbocycles. The van der Waals surface area contributed by atoms with Gasteiger partial charge in [0.05, 0.1) is 24.0 Å². The van der Waals surface area contributed by atoms with Gasteiger partial charge in [-0.3, -0.25) is 9.59 Å². The average molecular weight is 536 g/mol. The number of hydrogen-bond acceptors (Lipinski definition) is 6. The lowest BCUT2D eigenvalue weighted by molar-refractivity contribution is -0.137. The number of amides is 2. The summed E-state index contributed by atoms with van der Waals surface area (Å²) in [5, 5.41) is 13.7. The maximum absolute atomic E-state index is 13.0. The van der Waals surface area contributed by atoms with E-state index in [0.29, 0.717) is 22.3 Å². The minimum atomic E-state index is -4.51. The van der Waals surface area contributed by atoms with Crippen molar-refractivity contribution in [2.75, 3.05) is 12.4 Å². The van der Waals surface area contributed by atoms with Gasteiger partial charge in [-0.15, -0.1) is 10.2 Å². The highest BCUT2D eigenvalue weighted by atomic mass is 32.2. The standard InChI is InChI=1S/C25H28F3N5O3S/c1-14(2)20(30-23(35)16-9-11-19(36-5)12-10-16)21-31-32-24(33(21)4)37-15(3)22(34)29-18-8-6-7-17(13-18)25(26,27)28/h6-15,20H,1-5H3,(H,29,34)(H,30,35)/t15-,20+/m0/s1. The number of hydrogen-bond donors (Lipinski definition) is 2. The summed E-state index contributed by atoms with van der Waals surface area (Å²) in [6.45, 7) is 5.49. The fraction of sp³-hybridized carbons (Fsp3) is 0.360. The van der Waals surface area contributed by atoms with Crippen molar-refractivity contribution >= 4 is 29.3 Å². The van der Waals surface area contributed by atoms with E-state index in [1.165, 1.54) is 12.1 Å². The van der Waals surface area contributed by atoms with Crippen LogP contribution in [0.25, 0.3) is 0 Å². The topological polar surface area (TPSA) is 98.1 Å². The van der Waals surface area contributed by atoms with Crippen LogP contribution in [0.4, 0.5) is 18.9 Å². The van der Waals surface area contributed by atoms with Gasteiger partial charge in [-0.25, -0.2) is 0 Å². The van der Waals surface area contributed by atoms with E-state index >= 15 is 0 Å². The van der Waals surface area contributed by atoms with Gasteiger partial charge in [-0.2, -0.15) is 13.2 Å². The van der Waals surface area contributed by atoms with Crippen LogP contribution in [0.2, 0.25) is 0 Å². The van der Waals surface area contributed by atoms with E-state index in [-0.39, 0.29) is 17.5 Å². The number of thioether (sulfide) groups is 1. The molecule has 0 bridgehead atoms. The van der Waals surface area contributed by atoms with Crippen LogP contribution in [0, 0.1) is 5.92 Å². The molecule has 37 heavy (non-hydrogen) atoms. The fourth-order valence-electron chi connectivity index (χ4n) is 3.42. The summed E-state index contributed by atoms with van der Waals surface area (Å²) < 4.78 is 45.7. The van der Waals surface area contributed by atoms with E-state index in [9.17, 15) is 22.8 Å². The molecule has 0 saturated carbocycles. The summed E-state index contributed by atoms with van der Waals surface area (Å²) in [7, 11) is 3.27. The highest BCUT2D eigenvalue weighted by Crippen LogP contribution is 2.31. The molecule has 12 heteroatoms. The van der Waals surface area contributed by atoms with E-state index < -0.39 is 28.9 Å². The molecule has 2 atom stereocenters. The van der Waals surface area contributed by atoms with Crippen LogP contribution in [0.1, 0.15) is 48.6 Å². The molecule has 3 aromatic rings. The van der Waals surface area contributed by atoms with Crippen LogP contribution in [0.15, 0.2) is 53.7 Å². The largest absolute Gasteiger partial charge is 0.497 e. The molecule has 2 aromatic carbocycles. The Morgan fingerprint density at radius 3 is 2.32 bits per heavy atom. The van der Waals surface area contributed by atoms with Gasteiger partial charge in [0.2, 0.25) is 5.91 Å². The number of carbonyl (C=O) groups excluding carboxylic acids is 2. The molecule has 0 aliphatic rings. The number of ether oxygens (including phenoxy) is 1. The quantitative estimate of drug-likeness (QED) is 0.371. The Labute approximate surface area is 217 Å². The van der Waals surface area contributed by atoms with E-state index in [4.69, 9.17) is 4.74 Å². The molecule has 198 valence electrons. The van der Waals surface area contributed by atoms with Crippen molar-refractivity contribution in [2.24, 2.45) is 13.0 Å². The SMILES string of the molecule is COc1ccc(C(=O)N[C@@H](c2nnc(S[C@@H](C)C(=O)Nc3cccc(C(F)(F)F)c3)n2C)C(C)C)cc1.